The van der Waals surface area contributed by atoms with Crippen molar-refractivity contribution in [1.82, 2.24) is 19.5 Å². The second-order valence-electron chi connectivity index (χ2n) is 8.62. The molecule has 2 amide bonds. The van der Waals surface area contributed by atoms with Crippen molar-refractivity contribution >= 4 is 55.3 Å². The molecule has 1 aliphatic carbocycles. The third-order valence-electron chi connectivity index (χ3n) is 6.48. The van der Waals surface area contributed by atoms with E-state index in [0.717, 1.165) is 27.6 Å². The van der Waals surface area contributed by atoms with Crippen molar-refractivity contribution in [3.63, 3.8) is 0 Å². The van der Waals surface area contributed by atoms with Gasteiger partial charge in [-0.05, 0) is 60.5 Å². The summed E-state index contributed by atoms with van der Waals surface area (Å²) in [5.74, 6) is 0.516. The normalized spacial score (nSPS) is 20.6. The molecule has 168 valence electrons. The Bertz CT molecular complexity index is 1170. The highest BCUT2D eigenvalue weighted by Crippen LogP contribution is 2.34. The van der Waals surface area contributed by atoms with Crippen molar-refractivity contribution < 1.29 is 9.59 Å². The molecule has 10 heteroatoms. The van der Waals surface area contributed by atoms with Crippen LogP contribution in [-0.2, 0) is 4.79 Å². The summed E-state index contributed by atoms with van der Waals surface area (Å²) in [5, 5.41) is 10.1. The quantitative estimate of drug-likeness (QED) is 0.509. The van der Waals surface area contributed by atoms with Gasteiger partial charge in [0.15, 0.2) is 0 Å². The fraction of sp³-hybridized carbons (Fsp3) is 0.455. The lowest BCUT2D eigenvalue weighted by atomic mass is 9.80. The topological polar surface area (TPSA) is 91.6 Å². The number of halogens is 1. The van der Waals surface area contributed by atoms with E-state index in [2.05, 4.69) is 41.5 Å². The Morgan fingerprint density at radius 3 is 2.78 bits per heavy atom. The van der Waals surface area contributed by atoms with Gasteiger partial charge < -0.3 is 10.6 Å². The van der Waals surface area contributed by atoms with E-state index < -0.39 is 0 Å². The number of pyridine rings is 1. The average molecular weight is 517 g/mol. The van der Waals surface area contributed by atoms with Crippen LogP contribution in [0.5, 0.6) is 0 Å². The second-order valence-corrected chi connectivity index (χ2v) is 11.0. The molecule has 3 aromatic rings. The van der Waals surface area contributed by atoms with E-state index in [-0.39, 0.29) is 11.8 Å². The first kappa shape index (κ1) is 21.5. The summed E-state index contributed by atoms with van der Waals surface area (Å²) in [6.07, 6.45) is 10.7. The summed E-state index contributed by atoms with van der Waals surface area (Å²) in [4.78, 5) is 33.0. The molecule has 0 radical (unpaired) electrons. The van der Waals surface area contributed by atoms with E-state index in [1.54, 1.807) is 23.0 Å². The van der Waals surface area contributed by atoms with Gasteiger partial charge >= 0.3 is 0 Å². The smallest absolute Gasteiger partial charge is 0.260 e. The van der Waals surface area contributed by atoms with Crippen LogP contribution in [0.15, 0.2) is 28.4 Å². The van der Waals surface area contributed by atoms with Gasteiger partial charge in [-0.2, -0.15) is 5.10 Å². The van der Waals surface area contributed by atoms with Crippen LogP contribution >= 0.6 is 27.3 Å². The molecule has 0 atom stereocenters. The van der Waals surface area contributed by atoms with Crippen molar-refractivity contribution in [2.75, 3.05) is 23.7 Å². The number of aryl methyl sites for hydroxylation is 1. The molecule has 0 aromatic carbocycles. The number of amides is 2. The molecule has 6 rings (SSSR count). The number of nitrogens with one attached hydrogen (secondary N) is 2. The number of carbonyl (C=O) groups excluding carboxylic acids is 2. The number of anilines is 2. The Labute approximate surface area is 198 Å². The summed E-state index contributed by atoms with van der Waals surface area (Å²) < 4.78 is 2.56. The first-order valence-electron chi connectivity index (χ1n) is 10.9. The summed E-state index contributed by atoms with van der Waals surface area (Å²) in [6.45, 7) is 3.75. The standard InChI is InChI=1S/C22H25BrN6O2S/c1-13-18(27-21(31)17-10-25-29-12-19(23)32-22(17)29)8-15(9-24-13)26-20(30)6-7-28-11-14-2-4-16(28)5-3-14/h8-10,12,14,16H,2-7,11H2,1H3,(H,26,30)(H,27,31). The van der Waals surface area contributed by atoms with Gasteiger partial charge in [-0.3, -0.25) is 19.5 Å². The lowest BCUT2D eigenvalue weighted by Crippen LogP contribution is -2.48. The Hall–Kier alpha value is -2.30. The van der Waals surface area contributed by atoms with Crippen LogP contribution < -0.4 is 10.6 Å². The Balaban J connectivity index is 1.21. The first-order valence-corrected chi connectivity index (χ1v) is 12.5. The minimum absolute atomic E-state index is 0.0313. The summed E-state index contributed by atoms with van der Waals surface area (Å²) in [5.41, 5.74) is 2.31. The zero-order valence-electron chi connectivity index (χ0n) is 17.8. The van der Waals surface area contributed by atoms with Crippen molar-refractivity contribution in [2.24, 2.45) is 5.92 Å². The molecular formula is C22H25BrN6O2S. The summed E-state index contributed by atoms with van der Waals surface area (Å²) >= 11 is 4.86. The number of nitrogens with zero attached hydrogens (tertiary/aromatic N) is 4. The van der Waals surface area contributed by atoms with Crippen LogP contribution in [0, 0.1) is 12.8 Å². The van der Waals surface area contributed by atoms with Gasteiger partial charge in [-0.15, -0.1) is 11.3 Å². The molecule has 8 nitrogen and oxygen atoms in total. The molecule has 0 unspecified atom stereocenters. The number of hydrogen-bond acceptors (Lipinski definition) is 6. The molecular weight excluding hydrogens is 492 g/mol. The van der Waals surface area contributed by atoms with Crippen LogP contribution in [-0.4, -0.2) is 50.4 Å². The largest absolute Gasteiger partial charge is 0.325 e. The molecule has 3 aliphatic rings. The van der Waals surface area contributed by atoms with Crippen LogP contribution in [0.2, 0.25) is 0 Å². The molecule has 3 aromatic heterocycles. The van der Waals surface area contributed by atoms with E-state index in [0.29, 0.717) is 35.1 Å². The molecule has 3 fully saturated rings. The third kappa shape index (κ3) is 4.44. The van der Waals surface area contributed by atoms with Crippen LogP contribution in [0.25, 0.3) is 4.83 Å². The molecule has 2 saturated heterocycles. The van der Waals surface area contributed by atoms with Crippen molar-refractivity contribution in [3.05, 3.63) is 39.7 Å². The van der Waals surface area contributed by atoms with Gasteiger partial charge in [-0.25, -0.2) is 4.52 Å². The molecule has 2 aliphatic heterocycles. The average Bonchev–Trinajstić information content (AvgIpc) is 3.34. The van der Waals surface area contributed by atoms with Crippen LogP contribution in [0.4, 0.5) is 11.4 Å². The van der Waals surface area contributed by atoms with Gasteiger partial charge in [0.05, 0.1) is 45.0 Å². The number of hydrogen-bond donors (Lipinski definition) is 2. The third-order valence-corrected chi connectivity index (χ3v) is 8.07. The monoisotopic (exact) mass is 516 g/mol. The maximum Gasteiger partial charge on any atom is 0.260 e. The zero-order chi connectivity index (χ0) is 22.2. The van der Waals surface area contributed by atoms with E-state index in [1.807, 2.05) is 13.1 Å². The Morgan fingerprint density at radius 1 is 1.22 bits per heavy atom. The number of carbonyl (C=O) groups is 2. The maximum atomic E-state index is 12.8. The molecule has 2 bridgehead atoms. The van der Waals surface area contributed by atoms with Gasteiger partial charge in [-0.1, -0.05) is 0 Å². The van der Waals surface area contributed by atoms with Gasteiger partial charge in [0, 0.05) is 25.6 Å². The SMILES string of the molecule is Cc1ncc(NC(=O)CCN2CC3CCC2CC3)cc1NC(=O)c1cnn2cc(Br)sc12. The first-order chi connectivity index (χ1) is 15.5. The highest BCUT2D eigenvalue weighted by molar-refractivity contribution is 9.11. The Morgan fingerprint density at radius 2 is 2.03 bits per heavy atom. The molecule has 5 heterocycles. The van der Waals surface area contributed by atoms with Gasteiger partial charge in [0.1, 0.15) is 4.83 Å². The van der Waals surface area contributed by atoms with E-state index >= 15 is 0 Å². The van der Waals surface area contributed by atoms with Gasteiger partial charge in [0.2, 0.25) is 5.91 Å². The van der Waals surface area contributed by atoms with Gasteiger partial charge in [0.25, 0.3) is 5.91 Å². The number of piperidine rings is 2. The maximum absolute atomic E-state index is 12.8. The molecule has 32 heavy (non-hydrogen) atoms. The highest BCUT2D eigenvalue weighted by atomic mass is 79.9. The minimum Gasteiger partial charge on any atom is -0.325 e. The van der Waals surface area contributed by atoms with E-state index in [1.165, 1.54) is 37.0 Å². The number of rotatable bonds is 6. The van der Waals surface area contributed by atoms with E-state index in [9.17, 15) is 9.59 Å². The van der Waals surface area contributed by atoms with Crippen LogP contribution in [0.3, 0.4) is 0 Å². The number of aromatic nitrogens is 3. The lowest BCUT2D eigenvalue weighted by molar-refractivity contribution is -0.117. The molecule has 0 spiro atoms. The zero-order valence-corrected chi connectivity index (χ0v) is 20.2. The molecule has 1 saturated carbocycles. The summed E-state index contributed by atoms with van der Waals surface area (Å²) in [6, 6.07) is 2.40. The van der Waals surface area contributed by atoms with Crippen molar-refractivity contribution in [1.29, 1.82) is 0 Å². The minimum atomic E-state index is -0.261. The predicted molar refractivity (Wildman–Crippen MR) is 128 cm³/mol. The fourth-order valence-corrected chi connectivity index (χ4v) is 6.19. The fourth-order valence-electron chi connectivity index (χ4n) is 4.75. The van der Waals surface area contributed by atoms with Crippen LogP contribution in [0.1, 0.15) is 48.2 Å². The predicted octanol–water partition coefficient (Wildman–Crippen LogP) is 4.32. The summed E-state index contributed by atoms with van der Waals surface area (Å²) in [7, 11) is 0. The number of fused-ring (bicyclic) bond motifs is 4. The highest BCUT2D eigenvalue weighted by Gasteiger charge is 2.33. The molecule has 2 N–H and O–H groups in total. The Kier molecular flexibility index (Phi) is 6.00. The van der Waals surface area contributed by atoms with Crippen molar-refractivity contribution in [2.45, 2.75) is 45.1 Å². The number of thiazole rings is 1. The van der Waals surface area contributed by atoms with Crippen molar-refractivity contribution in [3.8, 4) is 0 Å². The lowest BCUT2D eigenvalue weighted by Gasteiger charge is -2.45. The van der Waals surface area contributed by atoms with E-state index in [4.69, 9.17) is 0 Å². The second kappa shape index (κ2) is 8.92.